The molecule has 0 spiro atoms. The van der Waals surface area contributed by atoms with Crippen LogP contribution in [0.1, 0.15) is 75.8 Å². The molecule has 4 N–H and O–H groups in total. The SMILES string of the molecule is COc1cccc2c1C(=O)c1c(O)c3c(c(O)c1C2=O)C[C@@](O)(C(C)=O)CC3OC1CC(N2CCOCC2)C(O)C(C)O1. The molecule has 2 aromatic carbocycles. The summed E-state index contributed by atoms with van der Waals surface area (Å²) >= 11 is 0. The van der Waals surface area contributed by atoms with Crippen LogP contribution in [-0.2, 0) is 25.4 Å². The van der Waals surface area contributed by atoms with Gasteiger partial charge in [0.1, 0.15) is 22.8 Å². The molecule has 0 radical (unpaired) electrons. The summed E-state index contributed by atoms with van der Waals surface area (Å²) in [5.41, 5.74) is -2.93. The number of aliphatic hydroxyl groups excluding tert-OH is 1. The van der Waals surface area contributed by atoms with Crippen molar-refractivity contribution in [3.8, 4) is 17.2 Å². The van der Waals surface area contributed by atoms with Crippen molar-refractivity contribution < 1.29 is 53.8 Å². The predicted molar refractivity (Wildman–Crippen MR) is 149 cm³/mol. The number of rotatable bonds is 5. The number of carbonyl (C=O) groups is 3. The van der Waals surface area contributed by atoms with E-state index < -0.39 is 76.6 Å². The number of aromatic hydroxyl groups is 2. The Morgan fingerprint density at radius 3 is 2.44 bits per heavy atom. The number of Topliss-reactive ketones (excluding diaryl/α,β-unsaturated/α-hetero) is 1. The van der Waals surface area contributed by atoms with Gasteiger partial charge in [0.2, 0.25) is 5.78 Å². The average molecular weight is 598 g/mol. The van der Waals surface area contributed by atoms with Crippen molar-refractivity contribution in [2.45, 2.75) is 69.4 Å². The maximum Gasteiger partial charge on any atom is 0.202 e. The van der Waals surface area contributed by atoms with Crippen LogP contribution in [0.5, 0.6) is 17.2 Å². The van der Waals surface area contributed by atoms with E-state index in [1.165, 1.54) is 32.2 Å². The lowest BCUT2D eigenvalue weighted by Crippen LogP contribution is -2.58. The molecule has 4 aliphatic rings. The van der Waals surface area contributed by atoms with Crippen molar-refractivity contribution in [3.63, 3.8) is 0 Å². The summed E-state index contributed by atoms with van der Waals surface area (Å²) < 4.78 is 23.1. The van der Waals surface area contributed by atoms with E-state index in [1.807, 2.05) is 0 Å². The Labute approximate surface area is 247 Å². The second-order valence-corrected chi connectivity index (χ2v) is 11.7. The van der Waals surface area contributed by atoms with Crippen molar-refractivity contribution in [1.29, 1.82) is 0 Å². The molecule has 12 nitrogen and oxygen atoms in total. The maximum absolute atomic E-state index is 13.8. The number of hydrogen-bond acceptors (Lipinski definition) is 12. The summed E-state index contributed by atoms with van der Waals surface area (Å²) in [4.78, 5) is 42.2. The number of methoxy groups -OCH3 is 1. The van der Waals surface area contributed by atoms with Crippen LogP contribution in [-0.4, -0.2) is 106 Å². The summed E-state index contributed by atoms with van der Waals surface area (Å²) in [6, 6.07) is 4.15. The van der Waals surface area contributed by atoms with Gasteiger partial charge in [-0.15, -0.1) is 0 Å². The van der Waals surface area contributed by atoms with Crippen LogP contribution >= 0.6 is 0 Å². The fourth-order valence-corrected chi connectivity index (χ4v) is 6.87. The van der Waals surface area contributed by atoms with Crippen LogP contribution in [0.15, 0.2) is 18.2 Å². The zero-order chi connectivity index (χ0) is 30.8. The smallest absolute Gasteiger partial charge is 0.202 e. The summed E-state index contributed by atoms with van der Waals surface area (Å²) in [6.45, 7) is 5.18. The van der Waals surface area contributed by atoms with Gasteiger partial charge in [0.15, 0.2) is 17.9 Å². The van der Waals surface area contributed by atoms with E-state index in [9.17, 15) is 34.8 Å². The Morgan fingerprint density at radius 1 is 1.07 bits per heavy atom. The molecule has 2 aliphatic heterocycles. The van der Waals surface area contributed by atoms with Gasteiger partial charge >= 0.3 is 0 Å². The van der Waals surface area contributed by atoms with Gasteiger partial charge in [0.05, 0.1) is 55.3 Å². The number of morpholine rings is 1. The Morgan fingerprint density at radius 2 is 1.77 bits per heavy atom. The summed E-state index contributed by atoms with van der Waals surface area (Å²) in [7, 11) is 1.35. The standard InChI is InChI=1S/C31H35NO11/c1-14-26(34)18(32-7-9-41-10-8-32)11-21(42-14)43-20-13-31(39,15(2)33)12-17-23(20)30(38)25-24(28(17)36)27(35)16-5-4-6-19(40-3)22(16)29(25)37/h4-6,14,18,20-21,26,34,36,38-39H,7-13H2,1-3H3/t14?,18?,20?,21?,26?,31-/m0/s1. The second kappa shape index (κ2) is 11.0. The molecule has 2 aliphatic carbocycles. The third-order valence-corrected chi connectivity index (χ3v) is 9.24. The number of benzene rings is 2. The summed E-state index contributed by atoms with van der Waals surface area (Å²) in [5.74, 6) is -3.08. The number of phenols is 2. The van der Waals surface area contributed by atoms with E-state index in [2.05, 4.69) is 4.90 Å². The molecule has 6 atom stereocenters. The molecule has 2 heterocycles. The van der Waals surface area contributed by atoms with Gasteiger partial charge in [-0.25, -0.2) is 0 Å². The van der Waals surface area contributed by atoms with Gasteiger partial charge in [0.25, 0.3) is 0 Å². The molecule has 0 aromatic heterocycles. The topological polar surface area (TPSA) is 172 Å². The molecule has 2 saturated heterocycles. The molecule has 0 bridgehead atoms. The molecular formula is C31H35NO11. The molecule has 230 valence electrons. The lowest BCUT2D eigenvalue weighted by molar-refractivity contribution is -0.260. The Balaban J connectivity index is 1.44. The Hall–Kier alpha value is -3.39. The number of phenolic OH excluding ortho intramolecular Hbond substituents is 2. The van der Waals surface area contributed by atoms with Gasteiger partial charge in [-0.05, 0) is 19.9 Å². The van der Waals surface area contributed by atoms with E-state index in [1.54, 1.807) is 6.92 Å². The third kappa shape index (κ3) is 4.73. The van der Waals surface area contributed by atoms with Crippen LogP contribution in [0.3, 0.4) is 0 Å². The van der Waals surface area contributed by atoms with E-state index in [0.29, 0.717) is 26.3 Å². The number of ketones is 3. The van der Waals surface area contributed by atoms with Gasteiger partial charge in [-0.2, -0.15) is 0 Å². The number of nitrogens with zero attached hydrogens (tertiary/aromatic N) is 1. The van der Waals surface area contributed by atoms with E-state index in [-0.39, 0.29) is 46.9 Å². The molecule has 12 heteroatoms. The van der Waals surface area contributed by atoms with E-state index in [4.69, 9.17) is 18.9 Å². The highest BCUT2D eigenvalue weighted by Crippen LogP contribution is 2.52. The fraction of sp³-hybridized carbons (Fsp3) is 0.516. The van der Waals surface area contributed by atoms with Crippen LogP contribution in [0.25, 0.3) is 0 Å². The molecule has 5 unspecified atom stereocenters. The minimum Gasteiger partial charge on any atom is -0.507 e. The molecule has 6 rings (SSSR count). The number of aliphatic hydroxyl groups is 2. The van der Waals surface area contributed by atoms with Crippen LogP contribution in [0.4, 0.5) is 0 Å². The monoisotopic (exact) mass is 597 g/mol. The molecule has 2 aromatic rings. The summed E-state index contributed by atoms with van der Waals surface area (Å²) in [5, 5.41) is 45.5. The molecular weight excluding hydrogens is 562 g/mol. The maximum atomic E-state index is 13.8. The normalized spacial score (nSPS) is 30.8. The zero-order valence-electron chi connectivity index (χ0n) is 24.2. The first kappa shape index (κ1) is 29.7. The largest absolute Gasteiger partial charge is 0.507 e. The van der Waals surface area contributed by atoms with Crippen LogP contribution in [0.2, 0.25) is 0 Å². The van der Waals surface area contributed by atoms with Gasteiger partial charge in [-0.3, -0.25) is 19.3 Å². The second-order valence-electron chi connectivity index (χ2n) is 11.7. The minimum atomic E-state index is -2.00. The van der Waals surface area contributed by atoms with Crippen LogP contribution < -0.4 is 4.74 Å². The first-order valence-corrected chi connectivity index (χ1v) is 14.4. The molecule has 0 amide bonds. The van der Waals surface area contributed by atoms with Crippen molar-refractivity contribution in [2.75, 3.05) is 33.4 Å². The van der Waals surface area contributed by atoms with Crippen molar-refractivity contribution in [2.24, 2.45) is 0 Å². The highest BCUT2D eigenvalue weighted by Gasteiger charge is 2.50. The van der Waals surface area contributed by atoms with Gasteiger partial charge in [0, 0.05) is 55.1 Å². The Kier molecular flexibility index (Phi) is 7.56. The molecule has 43 heavy (non-hydrogen) atoms. The molecule has 2 fully saturated rings. The third-order valence-electron chi connectivity index (χ3n) is 9.24. The highest BCUT2D eigenvalue weighted by molar-refractivity contribution is 6.31. The summed E-state index contributed by atoms with van der Waals surface area (Å²) in [6.07, 6.45) is -4.07. The van der Waals surface area contributed by atoms with E-state index >= 15 is 0 Å². The lowest BCUT2D eigenvalue weighted by atomic mass is 9.72. The number of hydrogen-bond donors (Lipinski definition) is 4. The van der Waals surface area contributed by atoms with E-state index in [0.717, 1.165) is 0 Å². The van der Waals surface area contributed by atoms with Crippen LogP contribution in [0, 0.1) is 0 Å². The average Bonchev–Trinajstić information content (AvgIpc) is 2.99. The fourth-order valence-electron chi connectivity index (χ4n) is 6.87. The minimum absolute atomic E-state index is 0.00533. The predicted octanol–water partition coefficient (Wildman–Crippen LogP) is 1.40. The number of ether oxygens (including phenoxy) is 4. The number of fused-ring (bicyclic) bond motifs is 3. The van der Waals surface area contributed by atoms with Crippen molar-refractivity contribution in [3.05, 3.63) is 51.6 Å². The Bertz CT molecular complexity index is 1500. The zero-order valence-corrected chi connectivity index (χ0v) is 24.2. The highest BCUT2D eigenvalue weighted by atomic mass is 16.7. The first-order valence-electron chi connectivity index (χ1n) is 14.4. The first-order chi connectivity index (χ1) is 20.5. The van der Waals surface area contributed by atoms with Crippen molar-refractivity contribution >= 4 is 17.3 Å². The van der Waals surface area contributed by atoms with Gasteiger partial charge in [-0.1, -0.05) is 12.1 Å². The number of carbonyl (C=O) groups excluding carboxylic acids is 3. The van der Waals surface area contributed by atoms with Crippen molar-refractivity contribution in [1.82, 2.24) is 4.90 Å². The lowest BCUT2D eigenvalue weighted by Gasteiger charge is -2.46. The van der Waals surface area contributed by atoms with Gasteiger partial charge < -0.3 is 39.4 Å². The molecule has 0 saturated carbocycles. The quantitative estimate of drug-likeness (QED) is 0.312.